The number of aliphatic hydroxyl groups excluding tert-OH is 4. The molecule has 0 saturated carbocycles. The predicted molar refractivity (Wildman–Crippen MR) is 283 cm³/mol. The van der Waals surface area contributed by atoms with E-state index in [1.54, 1.807) is 0 Å². The van der Waals surface area contributed by atoms with E-state index in [4.69, 9.17) is 23.7 Å². The van der Waals surface area contributed by atoms with Gasteiger partial charge in [-0.3, -0.25) is 0 Å². The van der Waals surface area contributed by atoms with Gasteiger partial charge in [0.1, 0.15) is 93.4 Å². The lowest BCUT2D eigenvalue weighted by atomic mass is 9.70. The van der Waals surface area contributed by atoms with Crippen LogP contribution in [0.3, 0.4) is 0 Å². The van der Waals surface area contributed by atoms with Gasteiger partial charge in [-0.1, -0.05) is 18.2 Å². The third-order valence-corrected chi connectivity index (χ3v) is 16.4. The number of benzene rings is 8. The fraction of sp³-hybridized carbons (Fsp3) is 0.200. The summed E-state index contributed by atoms with van der Waals surface area (Å²) < 4.78 is 32.9. The largest absolute Gasteiger partial charge is 0.508 e. The van der Waals surface area contributed by atoms with Gasteiger partial charge in [0.15, 0.2) is 58.2 Å². The lowest BCUT2D eigenvalue weighted by Crippen LogP contribution is -2.58. The maximum absolute atomic E-state index is 13.2. The lowest BCUT2D eigenvalue weighted by Gasteiger charge is -2.52. The molecule has 0 saturated heterocycles. The topological polar surface area (TPSA) is 431 Å². The Balaban J connectivity index is 1.09. The summed E-state index contributed by atoms with van der Waals surface area (Å²) in [5.74, 6) is -20.4. The Hall–Kier alpha value is -10.4. The summed E-state index contributed by atoms with van der Waals surface area (Å²) in [4.78, 5) is 0. The van der Waals surface area contributed by atoms with Crippen molar-refractivity contribution in [3.63, 3.8) is 0 Å². The van der Waals surface area contributed by atoms with Crippen molar-refractivity contribution in [3.05, 3.63) is 164 Å². The Labute approximate surface area is 471 Å². The molecule has 8 aromatic carbocycles. The normalized spacial score (nSPS) is 25.1. The van der Waals surface area contributed by atoms with Crippen LogP contribution in [0, 0.1) is 0 Å². The molecule has 5 aliphatic rings. The molecule has 84 heavy (non-hydrogen) atoms. The summed E-state index contributed by atoms with van der Waals surface area (Å²) in [5.41, 5.74) is -2.64. The quantitative estimate of drug-likeness (QED) is 0.0889. The first kappa shape index (κ1) is 52.9. The Morgan fingerprint density at radius 1 is 0.333 bits per heavy atom. The van der Waals surface area contributed by atoms with E-state index < -0.39 is 193 Å². The van der Waals surface area contributed by atoms with E-state index in [2.05, 4.69) is 0 Å². The van der Waals surface area contributed by atoms with E-state index in [1.165, 1.54) is 24.3 Å². The average molecular weight is 1150 g/mol. The lowest BCUT2D eigenvalue weighted by molar-refractivity contribution is -0.219. The molecule has 0 fully saturated rings. The molecule has 24 nitrogen and oxygen atoms in total. The number of fused-ring (bicyclic) bond motifs is 10. The van der Waals surface area contributed by atoms with Crippen LogP contribution in [0.5, 0.6) is 115 Å². The van der Waals surface area contributed by atoms with E-state index in [-0.39, 0.29) is 56.0 Å². The van der Waals surface area contributed by atoms with Gasteiger partial charge in [0.2, 0.25) is 0 Å². The van der Waals surface area contributed by atoms with E-state index in [0.717, 1.165) is 78.9 Å². The molecular formula is C60H48O24. The summed E-state index contributed by atoms with van der Waals surface area (Å²) >= 11 is 0. The van der Waals surface area contributed by atoms with Crippen molar-refractivity contribution in [1.29, 1.82) is 0 Å². The van der Waals surface area contributed by atoms with Crippen molar-refractivity contribution in [2.75, 3.05) is 0 Å². The Morgan fingerprint density at radius 3 is 1.36 bits per heavy atom. The van der Waals surface area contributed by atoms with Crippen molar-refractivity contribution in [1.82, 2.24) is 0 Å². The summed E-state index contributed by atoms with van der Waals surface area (Å²) in [6.07, 6.45) is -12.8. The minimum absolute atomic E-state index is 0.0134. The smallest absolute Gasteiger partial charge is 0.305 e. The Morgan fingerprint density at radius 2 is 0.786 bits per heavy atom. The number of ether oxygens (including phenoxy) is 5. The molecule has 432 valence electrons. The number of hydrogen-bond donors (Lipinski definition) is 19. The van der Waals surface area contributed by atoms with E-state index in [1.807, 2.05) is 0 Å². The van der Waals surface area contributed by atoms with Gasteiger partial charge in [-0.15, -0.1) is 0 Å². The number of phenols is 15. The second-order valence-corrected chi connectivity index (χ2v) is 21.2. The van der Waals surface area contributed by atoms with Gasteiger partial charge in [-0.05, 0) is 71.3 Å². The molecule has 0 radical (unpaired) electrons. The van der Waals surface area contributed by atoms with E-state index in [9.17, 15) is 97.0 Å². The standard InChI is InChI=1S/C60H48O24/c61-23-13-34(71)42-40(14-23)80-54(20-2-6-26(63)31(68)10-20)51(77)48(42)45-36(73)17-37(74)46-50-47-41(83-60(59(50)79,84-58(45)46)22-4-8-28(65)33(70)12-22)18-38(75)44-49(52(78)55(82-57(44)47)21-3-7-27(64)32(69)11-21)43-35(72)16-29(66)24-15-39(76)53(81-56(24)43)19-1-5-25(62)30(67)9-19/h1-14,16-18,39,48-55,59,61-79H,15H2/t39-,48-,49-,50-,51-,52-,53-,54-,55-,59-,60-/m1/s1. The molecule has 0 aliphatic carbocycles. The van der Waals surface area contributed by atoms with Crippen molar-refractivity contribution in [2.45, 2.75) is 72.7 Å². The molecule has 11 atom stereocenters. The third-order valence-electron chi connectivity index (χ3n) is 16.4. The zero-order chi connectivity index (χ0) is 59.4. The summed E-state index contributed by atoms with van der Waals surface area (Å²) in [6.45, 7) is 0. The van der Waals surface area contributed by atoms with Gasteiger partial charge < -0.3 is 121 Å². The third kappa shape index (κ3) is 7.68. The Bertz CT molecular complexity index is 4110. The first-order chi connectivity index (χ1) is 40.0. The number of rotatable bonds is 6. The minimum atomic E-state index is -2.72. The van der Waals surface area contributed by atoms with Crippen LogP contribution in [0.1, 0.15) is 97.3 Å². The molecule has 5 aliphatic heterocycles. The van der Waals surface area contributed by atoms with E-state index >= 15 is 0 Å². The van der Waals surface area contributed by atoms with Crippen LogP contribution in [0.15, 0.2) is 103 Å². The minimum Gasteiger partial charge on any atom is -0.508 e. The van der Waals surface area contributed by atoms with Crippen LogP contribution in [-0.4, -0.2) is 121 Å². The average Bonchev–Trinajstić information content (AvgIpc) is 0.890. The zero-order valence-corrected chi connectivity index (χ0v) is 42.8. The number of phenolic OH excluding ortho intramolecular Hbond substituents is 15. The van der Waals surface area contributed by atoms with Crippen LogP contribution < -0.4 is 23.7 Å². The molecule has 0 unspecified atom stereocenters. The fourth-order valence-electron chi connectivity index (χ4n) is 12.5. The van der Waals surface area contributed by atoms with Gasteiger partial charge in [-0.2, -0.15) is 0 Å². The number of aliphatic hydroxyl groups is 4. The maximum Gasteiger partial charge on any atom is 0.305 e. The van der Waals surface area contributed by atoms with Gasteiger partial charge >= 0.3 is 5.79 Å². The molecular weight excluding hydrogens is 1100 g/mol. The fourth-order valence-corrected chi connectivity index (χ4v) is 12.5. The molecule has 5 heterocycles. The molecule has 19 N–H and O–H groups in total. The monoisotopic (exact) mass is 1150 g/mol. The van der Waals surface area contributed by atoms with Crippen molar-refractivity contribution >= 4 is 0 Å². The van der Waals surface area contributed by atoms with Crippen LogP contribution in [0.2, 0.25) is 0 Å². The van der Waals surface area contributed by atoms with Crippen molar-refractivity contribution in [2.24, 2.45) is 0 Å². The molecule has 8 aromatic rings. The predicted octanol–water partition coefficient (Wildman–Crippen LogP) is 5.69. The molecule has 2 bridgehead atoms. The SMILES string of the molecule is Oc1cc(O)c2c(c1)O[C@H](c1ccc(O)c(O)c1)[C@H](O)[C@H]2c1c(O)cc(O)c2c1O[C@@]1(c3ccc(O)c(O)c3)Oc3cc(O)c4c(c3[C@@H]2[C@H]1O)O[C@H](c1ccc(O)c(O)c1)[C@H](O)[C@@H]4c1c(O)cc(O)c2c1O[C@H](c1ccc(O)c(O)c1)[C@H](O)C2. The van der Waals surface area contributed by atoms with Crippen molar-refractivity contribution in [3.8, 4) is 115 Å². The highest BCUT2D eigenvalue weighted by Crippen LogP contribution is 2.68. The molecule has 0 spiro atoms. The number of aromatic hydroxyl groups is 15. The summed E-state index contributed by atoms with van der Waals surface area (Å²) in [5, 5.41) is 218. The summed E-state index contributed by atoms with van der Waals surface area (Å²) in [6, 6.07) is 18.2. The second-order valence-electron chi connectivity index (χ2n) is 21.2. The van der Waals surface area contributed by atoms with Crippen LogP contribution in [0.25, 0.3) is 0 Å². The highest BCUT2D eigenvalue weighted by molar-refractivity contribution is 5.74. The van der Waals surface area contributed by atoms with Crippen LogP contribution in [0.4, 0.5) is 0 Å². The van der Waals surface area contributed by atoms with Gasteiger partial charge in [0, 0.05) is 81.3 Å². The molecule has 0 amide bonds. The van der Waals surface area contributed by atoms with Crippen LogP contribution in [-0.2, 0) is 12.2 Å². The van der Waals surface area contributed by atoms with Gasteiger partial charge in [0.05, 0.1) is 23.9 Å². The first-order valence-corrected chi connectivity index (χ1v) is 25.8. The van der Waals surface area contributed by atoms with E-state index in [0.29, 0.717) is 0 Å². The molecule has 24 heteroatoms. The molecule has 0 aromatic heterocycles. The van der Waals surface area contributed by atoms with Gasteiger partial charge in [-0.25, -0.2) is 0 Å². The van der Waals surface area contributed by atoms with Crippen LogP contribution >= 0.6 is 0 Å². The maximum atomic E-state index is 13.2. The first-order valence-electron chi connectivity index (χ1n) is 25.8. The van der Waals surface area contributed by atoms with Crippen molar-refractivity contribution < 1.29 is 121 Å². The van der Waals surface area contributed by atoms with Gasteiger partial charge in [0.25, 0.3) is 0 Å². The molecule has 13 rings (SSSR count). The second kappa shape index (κ2) is 18.6. The summed E-state index contributed by atoms with van der Waals surface area (Å²) in [7, 11) is 0. The number of hydrogen-bond acceptors (Lipinski definition) is 24. The Kier molecular flexibility index (Phi) is 11.7. The zero-order valence-electron chi connectivity index (χ0n) is 42.8. The highest BCUT2D eigenvalue weighted by atomic mass is 16.7. The highest BCUT2D eigenvalue weighted by Gasteiger charge is 2.62.